The molecule has 1 heterocycles. The molecule has 1 aromatic carbocycles. The van der Waals surface area contributed by atoms with E-state index in [0.717, 1.165) is 30.4 Å². The minimum absolute atomic E-state index is 0.206. The molecule has 1 saturated carbocycles. The monoisotopic (exact) mass is 373 g/mol. The highest BCUT2D eigenvalue weighted by Gasteiger charge is 2.18. The summed E-state index contributed by atoms with van der Waals surface area (Å²) >= 11 is 5.96. The standard InChI is InChI=1S/C20H24ClN3O2/c21-17-7-3-5-15(13-17)10-12-23-20(25)24-14-16-6-4-11-22-19(16)26-18-8-1-2-9-18/h3-7,11,13,18H,1-2,8-10,12,14H2,(H2,23,24,25). The van der Waals surface area contributed by atoms with Crippen LogP contribution in [0.25, 0.3) is 0 Å². The lowest BCUT2D eigenvalue weighted by Crippen LogP contribution is -2.36. The Morgan fingerprint density at radius 1 is 1.19 bits per heavy atom. The van der Waals surface area contributed by atoms with Gasteiger partial charge in [0, 0.05) is 29.9 Å². The van der Waals surface area contributed by atoms with Gasteiger partial charge in [-0.3, -0.25) is 0 Å². The van der Waals surface area contributed by atoms with Crippen molar-refractivity contribution in [3.05, 3.63) is 58.7 Å². The van der Waals surface area contributed by atoms with Gasteiger partial charge in [0.1, 0.15) is 6.10 Å². The molecule has 2 amide bonds. The number of aromatic nitrogens is 1. The predicted octanol–water partition coefficient (Wildman–Crippen LogP) is 4.10. The largest absolute Gasteiger partial charge is 0.474 e. The van der Waals surface area contributed by atoms with Crippen LogP contribution in [0.3, 0.4) is 0 Å². The average Bonchev–Trinajstić information content (AvgIpc) is 3.14. The number of carbonyl (C=O) groups excluding carboxylic acids is 1. The highest BCUT2D eigenvalue weighted by molar-refractivity contribution is 6.30. The van der Waals surface area contributed by atoms with Crippen molar-refractivity contribution in [1.29, 1.82) is 0 Å². The molecule has 2 aromatic rings. The number of nitrogens with zero attached hydrogens (tertiary/aromatic N) is 1. The van der Waals surface area contributed by atoms with Crippen LogP contribution in [0.15, 0.2) is 42.6 Å². The summed E-state index contributed by atoms with van der Waals surface area (Å²) in [7, 11) is 0. The van der Waals surface area contributed by atoms with Crippen LogP contribution in [0.4, 0.5) is 4.79 Å². The van der Waals surface area contributed by atoms with E-state index in [9.17, 15) is 4.79 Å². The number of amides is 2. The van der Waals surface area contributed by atoms with Crippen molar-refractivity contribution in [1.82, 2.24) is 15.6 Å². The van der Waals surface area contributed by atoms with Gasteiger partial charge >= 0.3 is 6.03 Å². The van der Waals surface area contributed by atoms with Crippen molar-refractivity contribution in [2.24, 2.45) is 0 Å². The van der Waals surface area contributed by atoms with Crippen LogP contribution in [-0.4, -0.2) is 23.7 Å². The molecule has 1 fully saturated rings. The van der Waals surface area contributed by atoms with Crippen molar-refractivity contribution in [2.75, 3.05) is 6.54 Å². The molecule has 3 rings (SSSR count). The highest BCUT2D eigenvalue weighted by atomic mass is 35.5. The third-order valence-electron chi connectivity index (χ3n) is 4.46. The summed E-state index contributed by atoms with van der Waals surface area (Å²) in [6, 6.07) is 11.2. The molecule has 1 aliphatic carbocycles. The Kier molecular flexibility index (Phi) is 6.72. The van der Waals surface area contributed by atoms with Gasteiger partial charge in [0.15, 0.2) is 0 Å². The fourth-order valence-electron chi connectivity index (χ4n) is 3.08. The van der Waals surface area contributed by atoms with Gasteiger partial charge in [-0.25, -0.2) is 9.78 Å². The molecule has 0 unspecified atom stereocenters. The van der Waals surface area contributed by atoms with E-state index < -0.39 is 0 Å². The zero-order valence-corrected chi connectivity index (χ0v) is 15.5. The summed E-state index contributed by atoms with van der Waals surface area (Å²) < 4.78 is 5.99. The molecule has 1 aromatic heterocycles. The summed E-state index contributed by atoms with van der Waals surface area (Å²) in [5.74, 6) is 0.624. The zero-order valence-electron chi connectivity index (χ0n) is 14.7. The number of benzene rings is 1. The van der Waals surface area contributed by atoms with Crippen LogP contribution in [0.1, 0.15) is 36.8 Å². The van der Waals surface area contributed by atoms with Gasteiger partial charge < -0.3 is 15.4 Å². The normalized spacial score (nSPS) is 14.2. The molecule has 0 atom stereocenters. The molecule has 1 aliphatic rings. The Hall–Kier alpha value is -2.27. The second-order valence-electron chi connectivity index (χ2n) is 6.48. The molecule has 6 heteroatoms. The van der Waals surface area contributed by atoms with Crippen LogP contribution < -0.4 is 15.4 Å². The number of halogens is 1. The average molecular weight is 374 g/mol. The maximum Gasteiger partial charge on any atom is 0.315 e. The third kappa shape index (κ3) is 5.63. The first-order chi connectivity index (χ1) is 12.7. The number of pyridine rings is 1. The van der Waals surface area contributed by atoms with E-state index in [2.05, 4.69) is 15.6 Å². The van der Waals surface area contributed by atoms with Crippen LogP contribution >= 0.6 is 11.6 Å². The number of nitrogens with one attached hydrogen (secondary N) is 2. The first-order valence-corrected chi connectivity index (χ1v) is 9.45. The molecular formula is C20H24ClN3O2. The van der Waals surface area contributed by atoms with E-state index >= 15 is 0 Å². The zero-order chi connectivity index (χ0) is 18.2. The first-order valence-electron chi connectivity index (χ1n) is 9.07. The molecule has 2 N–H and O–H groups in total. The third-order valence-corrected chi connectivity index (χ3v) is 4.69. The summed E-state index contributed by atoms with van der Waals surface area (Å²) in [5.41, 5.74) is 1.99. The Morgan fingerprint density at radius 3 is 2.85 bits per heavy atom. The second-order valence-corrected chi connectivity index (χ2v) is 6.92. The summed E-state index contributed by atoms with van der Waals surface area (Å²) in [6.45, 7) is 0.934. The minimum Gasteiger partial charge on any atom is -0.474 e. The second kappa shape index (κ2) is 9.43. The SMILES string of the molecule is O=C(NCCc1cccc(Cl)c1)NCc1cccnc1OC1CCCC1. The number of hydrogen-bond acceptors (Lipinski definition) is 3. The number of rotatable bonds is 7. The Morgan fingerprint density at radius 2 is 2.04 bits per heavy atom. The van der Waals surface area contributed by atoms with Crippen LogP contribution in [-0.2, 0) is 13.0 Å². The topological polar surface area (TPSA) is 63.2 Å². The lowest BCUT2D eigenvalue weighted by Gasteiger charge is -2.15. The number of carbonyl (C=O) groups is 1. The van der Waals surface area contributed by atoms with Crippen molar-refractivity contribution in [3.63, 3.8) is 0 Å². The lowest BCUT2D eigenvalue weighted by molar-refractivity contribution is 0.198. The molecule has 0 bridgehead atoms. The van der Waals surface area contributed by atoms with Crippen molar-refractivity contribution in [3.8, 4) is 5.88 Å². The summed E-state index contributed by atoms with van der Waals surface area (Å²) in [4.78, 5) is 16.3. The maximum absolute atomic E-state index is 12.0. The predicted molar refractivity (Wildman–Crippen MR) is 103 cm³/mol. The Balaban J connectivity index is 1.44. The molecule has 26 heavy (non-hydrogen) atoms. The summed E-state index contributed by atoms with van der Waals surface area (Å²) in [6.07, 6.45) is 7.27. The Labute approximate surface area is 159 Å². The van der Waals surface area contributed by atoms with Gasteiger partial charge in [-0.2, -0.15) is 0 Å². The van der Waals surface area contributed by atoms with Gasteiger partial charge in [-0.1, -0.05) is 29.8 Å². The van der Waals surface area contributed by atoms with Crippen molar-refractivity contribution >= 4 is 17.6 Å². The van der Waals surface area contributed by atoms with E-state index in [-0.39, 0.29) is 12.1 Å². The van der Waals surface area contributed by atoms with Gasteiger partial charge in [0.2, 0.25) is 5.88 Å². The van der Waals surface area contributed by atoms with Crippen molar-refractivity contribution in [2.45, 2.75) is 44.8 Å². The van der Waals surface area contributed by atoms with Gasteiger partial charge in [-0.15, -0.1) is 0 Å². The number of urea groups is 1. The van der Waals surface area contributed by atoms with E-state index in [4.69, 9.17) is 16.3 Å². The van der Waals surface area contributed by atoms with Crippen LogP contribution in [0.5, 0.6) is 5.88 Å². The van der Waals surface area contributed by atoms with E-state index in [1.54, 1.807) is 6.20 Å². The first kappa shape index (κ1) is 18.5. The van der Waals surface area contributed by atoms with E-state index in [1.165, 1.54) is 12.8 Å². The van der Waals surface area contributed by atoms with Gasteiger partial charge in [0.25, 0.3) is 0 Å². The molecule has 0 radical (unpaired) electrons. The highest BCUT2D eigenvalue weighted by Crippen LogP contribution is 2.24. The minimum atomic E-state index is -0.206. The maximum atomic E-state index is 12.0. The lowest BCUT2D eigenvalue weighted by atomic mass is 10.1. The summed E-state index contributed by atoms with van der Waals surface area (Å²) in [5, 5.41) is 6.43. The number of ether oxygens (including phenoxy) is 1. The van der Waals surface area contributed by atoms with Gasteiger partial charge in [-0.05, 0) is 55.9 Å². The quantitative estimate of drug-likeness (QED) is 0.768. The number of hydrogen-bond donors (Lipinski definition) is 2. The molecular weight excluding hydrogens is 350 g/mol. The van der Waals surface area contributed by atoms with Crippen molar-refractivity contribution < 1.29 is 9.53 Å². The molecule has 0 spiro atoms. The molecule has 138 valence electrons. The fourth-order valence-corrected chi connectivity index (χ4v) is 3.29. The van der Waals surface area contributed by atoms with E-state index in [0.29, 0.717) is 24.0 Å². The molecule has 5 nitrogen and oxygen atoms in total. The fraction of sp³-hybridized carbons (Fsp3) is 0.400. The van der Waals surface area contributed by atoms with Crippen LogP contribution in [0, 0.1) is 0 Å². The molecule has 0 aliphatic heterocycles. The van der Waals surface area contributed by atoms with Gasteiger partial charge in [0.05, 0.1) is 0 Å². The smallest absolute Gasteiger partial charge is 0.315 e. The van der Waals surface area contributed by atoms with E-state index in [1.807, 2.05) is 36.4 Å². The Bertz CT molecular complexity index is 733. The molecule has 0 saturated heterocycles. The van der Waals surface area contributed by atoms with Crippen LogP contribution in [0.2, 0.25) is 5.02 Å².